The van der Waals surface area contributed by atoms with Gasteiger partial charge in [0.25, 0.3) is 16.0 Å². The number of hydrogen-bond donors (Lipinski definition) is 1. The summed E-state index contributed by atoms with van der Waals surface area (Å²) < 4.78 is 81.1. The lowest BCUT2D eigenvalue weighted by atomic mass is 9.78. The third-order valence-electron chi connectivity index (χ3n) is 20.2. The highest BCUT2D eigenvalue weighted by atomic mass is 127. The van der Waals surface area contributed by atoms with Crippen molar-refractivity contribution in [3.63, 3.8) is 0 Å². The Bertz CT molecular complexity index is 4830. The highest BCUT2D eigenvalue weighted by Gasteiger charge is 2.72. The molecule has 10 aliphatic rings. The molecule has 604 valence electrons. The number of hydrogen-bond acceptors (Lipinski definition) is 27. The van der Waals surface area contributed by atoms with Gasteiger partial charge in [-0.25, -0.2) is 19.2 Å². The van der Waals surface area contributed by atoms with Crippen LogP contribution in [0.25, 0.3) is 0 Å². The molecule has 15 rings (SSSR count). The van der Waals surface area contributed by atoms with Crippen molar-refractivity contribution in [3.8, 4) is 0 Å². The maximum atomic E-state index is 12.7. The molecule has 44 heteroatoms. The van der Waals surface area contributed by atoms with Gasteiger partial charge < -0.3 is 88.0 Å². The van der Waals surface area contributed by atoms with E-state index in [0.29, 0.717) is 59.9 Å². The summed E-state index contributed by atoms with van der Waals surface area (Å²) in [6.45, 7) is -0.475. The number of carboxylic acids is 5. The molecule has 20 unspecified atom stereocenters. The number of carboxylic acid groups (broad SMARTS) is 5. The Morgan fingerprint density at radius 1 is 0.407 bits per heavy atom. The molecule has 1 amide bonds. The fourth-order valence-corrected chi connectivity index (χ4v) is 29.7. The largest absolute Gasteiger partial charge is 0.550 e. The van der Waals surface area contributed by atoms with Gasteiger partial charge in [-0.05, 0) is 438 Å². The minimum atomic E-state index is -4.00. The molecule has 6 bridgehead atoms. The van der Waals surface area contributed by atoms with Crippen LogP contribution in [0.3, 0.4) is 0 Å². The average molecular weight is 3260 g/mol. The van der Waals surface area contributed by atoms with Crippen LogP contribution >= 0.6 is 339 Å². The third-order valence-corrected chi connectivity index (χ3v) is 40.4. The summed E-state index contributed by atoms with van der Waals surface area (Å²) in [5, 5.41) is 56.8. The fraction of sp³-hybridized carbons (Fsp3) is 0.391. The number of rotatable bonds is 15. The number of halogens is 15. The molecular weight excluding hydrogens is 3210 g/mol. The van der Waals surface area contributed by atoms with Crippen molar-refractivity contribution in [2.75, 3.05) is 6.54 Å². The Labute approximate surface area is 846 Å². The number of nitrogens with one attached hydrogen (secondary N) is 1. The first-order valence-electron chi connectivity index (χ1n) is 32.9. The molecule has 5 heterocycles. The van der Waals surface area contributed by atoms with Crippen LogP contribution in [0, 0.1) is 113 Å². The zero-order chi connectivity index (χ0) is 82.9. The van der Waals surface area contributed by atoms with Crippen LogP contribution in [0.2, 0.25) is 0 Å². The van der Waals surface area contributed by atoms with Gasteiger partial charge >= 0.3 is 35.8 Å². The molecule has 5 saturated heterocycles. The molecule has 5 aliphatic carbocycles. The van der Waals surface area contributed by atoms with Gasteiger partial charge in [0.2, 0.25) is 0 Å². The van der Waals surface area contributed by atoms with Crippen molar-refractivity contribution in [2.24, 2.45) is 59.2 Å². The van der Waals surface area contributed by atoms with Gasteiger partial charge in [0.05, 0.1) is 52.2 Å². The Kier molecular flexibility index (Phi) is 32.9. The lowest BCUT2D eigenvalue weighted by molar-refractivity contribution is -0.316. The van der Waals surface area contributed by atoms with Crippen molar-refractivity contribution in [3.05, 3.63) is 142 Å². The van der Waals surface area contributed by atoms with E-state index in [4.69, 9.17) is 37.3 Å². The summed E-state index contributed by atoms with van der Waals surface area (Å²) in [5.74, 6) is -17.2. The van der Waals surface area contributed by atoms with Crippen LogP contribution in [0.15, 0.2) is 60.7 Å². The SMILES string of the molecule is O=C(OC1C2CC3C1OC(=O)C3C2C(=O)[O-])c1cc(I)cc(I)c1I.O=C(OC1C2CC3C1OS(=O)(=O)C3C2C(=O)[O-])c1cc(I)cc(I)c1I.O=C(OC1C2OC(=O)C3C2OC1C3C(=O)[O-])c1cc(I)cc(I)c1I.O=C(OC1CCCC(C(=O)[O-])C1)c1cc(I)cc(I)c1I.O=C([O-])CNC(=O)c1cc(I)cc(I)c1I. The molecule has 0 spiro atoms. The Hall–Kier alpha value is 0.560. The highest BCUT2D eigenvalue weighted by Crippen LogP contribution is 2.60. The fourth-order valence-electron chi connectivity index (χ4n) is 15.7. The first kappa shape index (κ1) is 94.2. The predicted octanol–water partition coefficient (Wildman–Crippen LogP) is 7.38. The van der Waals surface area contributed by atoms with Crippen LogP contribution in [0.1, 0.15) is 90.3 Å². The van der Waals surface area contributed by atoms with Crippen LogP contribution in [-0.2, 0) is 81.0 Å². The third kappa shape index (κ3) is 20.6. The van der Waals surface area contributed by atoms with E-state index >= 15 is 0 Å². The van der Waals surface area contributed by atoms with E-state index in [1.54, 1.807) is 30.3 Å². The molecule has 5 aromatic rings. The van der Waals surface area contributed by atoms with Crippen molar-refractivity contribution in [1.82, 2.24) is 5.32 Å². The molecule has 20 atom stereocenters. The number of carbonyl (C=O) groups excluding carboxylic acids is 12. The molecule has 0 radical (unpaired) electrons. The number of aliphatic carboxylic acids is 5. The number of carbonyl (C=O) groups is 12. The van der Waals surface area contributed by atoms with Crippen molar-refractivity contribution >= 4 is 421 Å². The monoisotopic (exact) mass is 3250 g/mol. The second-order valence-electron chi connectivity index (χ2n) is 26.7. The average Bonchev–Trinajstić information content (AvgIpc) is 1.56. The zero-order valence-corrected chi connectivity index (χ0v) is 89.0. The Morgan fingerprint density at radius 3 is 1.24 bits per heavy atom. The van der Waals surface area contributed by atoms with E-state index in [0.717, 1.165) is 60.0 Å². The minimum Gasteiger partial charge on any atom is -0.550 e. The first-order chi connectivity index (χ1) is 53.0. The topological polar surface area (TPSA) is 440 Å². The van der Waals surface area contributed by atoms with Crippen LogP contribution in [0.4, 0.5) is 0 Å². The lowest BCUT2D eigenvalue weighted by Gasteiger charge is -2.32. The summed E-state index contributed by atoms with van der Waals surface area (Å²) in [6, 6.07) is 18.4. The smallest absolute Gasteiger partial charge is 0.339 e. The van der Waals surface area contributed by atoms with E-state index < -0.39 is 190 Å². The van der Waals surface area contributed by atoms with Gasteiger partial charge in [0, 0.05) is 125 Å². The summed E-state index contributed by atoms with van der Waals surface area (Å²) in [4.78, 5) is 142. The quantitative estimate of drug-likeness (QED) is 0.0351. The molecule has 0 aromatic heterocycles. The normalized spacial score (nSPS) is 29.3. The van der Waals surface area contributed by atoms with Crippen molar-refractivity contribution < 1.29 is 129 Å². The number of amides is 1. The minimum absolute atomic E-state index is 0.201. The summed E-state index contributed by atoms with van der Waals surface area (Å²) in [5.41, 5.74) is 2.21. The zero-order valence-electron chi connectivity index (χ0n) is 55.9. The molecule has 5 aromatic carbocycles. The van der Waals surface area contributed by atoms with Gasteiger partial charge in [-0.1, -0.05) is 0 Å². The molecule has 28 nitrogen and oxygen atoms in total. The highest BCUT2D eigenvalue weighted by molar-refractivity contribution is 14.1. The summed E-state index contributed by atoms with van der Waals surface area (Å²) in [7, 11) is -4.00. The summed E-state index contributed by atoms with van der Waals surface area (Å²) >= 11 is 31.7. The van der Waals surface area contributed by atoms with E-state index in [-0.39, 0.29) is 18.0 Å². The Balaban J connectivity index is 0.000000141. The van der Waals surface area contributed by atoms with E-state index in [2.05, 4.69) is 322 Å². The van der Waals surface area contributed by atoms with Crippen LogP contribution in [-0.4, -0.2) is 147 Å². The van der Waals surface area contributed by atoms with Crippen molar-refractivity contribution in [1.29, 1.82) is 0 Å². The predicted molar refractivity (Wildman–Crippen MR) is 506 cm³/mol. The van der Waals surface area contributed by atoms with Gasteiger partial charge in [-0.2, -0.15) is 8.42 Å². The van der Waals surface area contributed by atoms with E-state index in [1.165, 1.54) is 0 Å². The standard InChI is InChI=1S/C16H11I3O6.C15H11I3O7S.C15H9I3O7.C14H13I3O4.C9H6I3NO3/c17-4-1-7(11(19)8(18)2-4)15(22)24-12-5-3-6-10(9(5)14(20)21)16(23)25-13(6)12;16-4-1-6(10(18)8(17)2-4)15(21)24-11-5-3-7-12(11)25-26(22,23)13(7)9(5)14(19)20;16-3-1-4(8(18)5(17)2-3)14(21)24-11-9-6(13(19)20)7-10(23-9)12(11)25-15(7)22;15-8-5-10(12(17)11(16)6-8)14(20)21-9-3-1-2-7(4-9)13(18)19;10-4-1-5(8(12)6(11)2-4)9(16)13-3-7(14)15/h1-2,5-6,9-10,12-13H,3H2,(H,20,21);1-2,5,7,9,11-13H,3H2,(H,19,20);1-2,6-7,9-12H,(H,19,20);5-7,9H,1-4H2,(H,18,19);1-2H,3H2,(H,13,16)(H,14,15)/p-5. The second-order valence-corrected chi connectivity index (χ2v) is 45.9. The van der Waals surface area contributed by atoms with Gasteiger partial charge in [0.15, 0.2) is 12.2 Å². The van der Waals surface area contributed by atoms with Gasteiger partial charge in [-0.3, -0.25) is 18.6 Å². The lowest BCUT2D eigenvalue weighted by Crippen LogP contribution is -2.51. The van der Waals surface area contributed by atoms with E-state index in [9.17, 15) is 91.5 Å². The maximum Gasteiger partial charge on any atom is 0.339 e. The van der Waals surface area contributed by atoms with E-state index in [1.807, 2.05) is 52.9 Å². The number of ether oxygens (including phenoxy) is 7. The van der Waals surface area contributed by atoms with Crippen molar-refractivity contribution in [2.45, 2.75) is 98.7 Å². The van der Waals surface area contributed by atoms with Crippen LogP contribution < -0.4 is 30.8 Å². The summed E-state index contributed by atoms with van der Waals surface area (Å²) in [6.07, 6.45) is -3.39. The van der Waals surface area contributed by atoms with Gasteiger partial charge in [0.1, 0.15) is 48.0 Å². The van der Waals surface area contributed by atoms with Gasteiger partial charge in [-0.15, -0.1) is 0 Å². The first-order valence-corrected chi connectivity index (χ1v) is 50.5. The number of esters is 6. The Morgan fingerprint density at radius 2 is 0.796 bits per heavy atom. The maximum absolute atomic E-state index is 12.7. The second kappa shape index (κ2) is 39.4. The molecular formula is C69H45I15NO27S-5. The molecule has 5 saturated carbocycles. The number of benzene rings is 5. The molecule has 113 heavy (non-hydrogen) atoms. The van der Waals surface area contributed by atoms with Crippen LogP contribution in [0.5, 0.6) is 0 Å². The molecule has 10 fully saturated rings. The molecule has 1 N–H and O–H groups in total. The number of fused-ring (bicyclic) bond motifs is 3. The molecule has 5 aliphatic heterocycles.